The highest BCUT2D eigenvalue weighted by atomic mass is 32.2. The minimum atomic E-state index is -4.16. The Balaban J connectivity index is 2.42. The summed E-state index contributed by atoms with van der Waals surface area (Å²) in [4.78, 5) is 23.9. The molecule has 8 heteroatoms. The summed E-state index contributed by atoms with van der Waals surface area (Å²) in [7, 11) is -1.19. The average molecular weight is 376 g/mol. The van der Waals surface area contributed by atoms with Gasteiger partial charge in [-0.3, -0.25) is 14.3 Å². The Labute approximate surface area is 152 Å². The molecular formula is C18H18NO6S. The summed E-state index contributed by atoms with van der Waals surface area (Å²) < 4.78 is 35.9. The molecule has 0 aromatic heterocycles. The number of ether oxygens (including phenoxy) is 2. The maximum atomic E-state index is 12.8. The summed E-state index contributed by atoms with van der Waals surface area (Å²) in [5, 5.41) is -1.03. The molecule has 0 unspecified atom stereocenters. The number of benzene rings is 2. The van der Waals surface area contributed by atoms with Crippen molar-refractivity contribution in [2.75, 3.05) is 18.9 Å². The van der Waals surface area contributed by atoms with Gasteiger partial charge in [0.1, 0.15) is 11.5 Å². The van der Waals surface area contributed by atoms with E-state index in [9.17, 15) is 18.0 Å². The number of carbonyl (C=O) groups excluding carboxylic acids is 2. The minimum absolute atomic E-state index is 0.00269. The van der Waals surface area contributed by atoms with Crippen LogP contribution in [0, 0.1) is 13.0 Å². The predicted molar refractivity (Wildman–Crippen MR) is 96.2 cm³/mol. The van der Waals surface area contributed by atoms with E-state index in [1.54, 1.807) is 19.1 Å². The Morgan fingerprint density at radius 1 is 1.08 bits per heavy atom. The molecule has 2 rings (SSSR count). The molecule has 0 aliphatic carbocycles. The molecule has 0 aliphatic heterocycles. The molecule has 0 amide bonds. The second kappa shape index (κ2) is 7.57. The first-order chi connectivity index (χ1) is 12.2. The van der Waals surface area contributed by atoms with Gasteiger partial charge < -0.3 is 9.47 Å². The van der Waals surface area contributed by atoms with Gasteiger partial charge in [-0.2, -0.15) is 8.42 Å². The zero-order valence-electron chi connectivity index (χ0n) is 14.7. The summed E-state index contributed by atoms with van der Waals surface area (Å²) in [6.07, 6.45) is 0. The number of hydrogen-bond donors (Lipinski definition) is 1. The van der Waals surface area contributed by atoms with Gasteiger partial charge in [-0.25, -0.2) is 0 Å². The van der Waals surface area contributed by atoms with Crippen LogP contribution in [0.2, 0.25) is 0 Å². The summed E-state index contributed by atoms with van der Waals surface area (Å²) in [6.45, 7) is 2.73. The molecule has 7 nitrogen and oxygen atoms in total. The lowest BCUT2D eigenvalue weighted by Gasteiger charge is -2.12. The van der Waals surface area contributed by atoms with Gasteiger partial charge >= 0.3 is 0 Å². The molecule has 26 heavy (non-hydrogen) atoms. The number of hydrogen-bond acceptors (Lipinski definition) is 6. The minimum Gasteiger partial charge on any atom is -0.496 e. The smallest absolute Gasteiger partial charge is 0.295 e. The Morgan fingerprint density at radius 3 is 2.15 bits per heavy atom. The summed E-state index contributed by atoms with van der Waals surface area (Å²) in [5.74, 6) is 0.577. The third-order valence-corrected chi connectivity index (χ3v) is 4.92. The predicted octanol–water partition coefficient (Wildman–Crippen LogP) is 2.33. The maximum absolute atomic E-state index is 12.8. The van der Waals surface area contributed by atoms with Crippen LogP contribution in [-0.4, -0.2) is 33.5 Å². The lowest BCUT2D eigenvalue weighted by molar-refractivity contribution is -0.109. The molecular weight excluding hydrogens is 358 g/mol. The first-order valence-electron chi connectivity index (χ1n) is 7.52. The average Bonchev–Trinajstić information content (AvgIpc) is 2.61. The van der Waals surface area contributed by atoms with Crippen LogP contribution in [0.5, 0.6) is 11.5 Å². The number of anilines is 1. The molecule has 137 valence electrons. The number of rotatable bonds is 6. The molecule has 0 atom stereocenters. The van der Waals surface area contributed by atoms with E-state index in [4.69, 9.17) is 9.47 Å². The second-order valence-electron chi connectivity index (χ2n) is 5.41. The summed E-state index contributed by atoms with van der Waals surface area (Å²) >= 11 is 0. The molecule has 0 spiro atoms. The van der Waals surface area contributed by atoms with Gasteiger partial charge in [-0.05, 0) is 25.1 Å². The van der Waals surface area contributed by atoms with E-state index >= 15 is 0 Å². The van der Waals surface area contributed by atoms with Crippen LogP contribution in [0.4, 0.5) is 5.69 Å². The largest absolute Gasteiger partial charge is 0.496 e. The van der Waals surface area contributed by atoms with Crippen molar-refractivity contribution in [1.82, 2.24) is 0 Å². The number of nitrogens with one attached hydrogen (secondary N) is 1. The Hall–Kier alpha value is -2.87. The fourth-order valence-electron chi connectivity index (χ4n) is 2.25. The number of methoxy groups -OCH3 is 2. The van der Waals surface area contributed by atoms with Crippen LogP contribution in [0.3, 0.4) is 0 Å². The molecule has 0 saturated heterocycles. The summed E-state index contributed by atoms with van der Waals surface area (Å²) in [6, 6.07) is 10.2. The van der Waals surface area contributed by atoms with Crippen molar-refractivity contribution in [3.05, 3.63) is 53.1 Å². The first-order valence-corrected chi connectivity index (χ1v) is 9.01. The Morgan fingerprint density at radius 2 is 1.65 bits per heavy atom. The van der Waals surface area contributed by atoms with Crippen LogP contribution in [0.1, 0.15) is 28.4 Å². The molecule has 0 fully saturated rings. The maximum Gasteiger partial charge on any atom is 0.295 e. The van der Waals surface area contributed by atoms with Crippen molar-refractivity contribution in [3.63, 3.8) is 0 Å². The zero-order valence-corrected chi connectivity index (χ0v) is 15.6. The standard InChI is InChI=1S/C18H18NO6S/c1-11-16(24-3)9-14(10-17(11)25-4)18(21)13-6-5-7-15(8-13)19-26(22,23)12(2)20/h5-7,9-10,19H,1-4H3. The van der Waals surface area contributed by atoms with Gasteiger partial charge in [0, 0.05) is 29.7 Å². The van der Waals surface area contributed by atoms with Crippen molar-refractivity contribution >= 4 is 26.6 Å². The van der Waals surface area contributed by atoms with Gasteiger partial charge in [0.15, 0.2) is 5.78 Å². The van der Waals surface area contributed by atoms with Gasteiger partial charge in [0.25, 0.3) is 15.1 Å². The highest BCUT2D eigenvalue weighted by Gasteiger charge is 2.19. The van der Waals surface area contributed by atoms with E-state index < -0.39 is 20.9 Å². The SMILES string of the molecule is COc1cc(C(=O)c2[c]c(NS(=O)(=O)C(C)=O)ccc2)cc(OC)c1C. The molecule has 1 radical (unpaired) electrons. The van der Waals surface area contributed by atoms with E-state index in [0.717, 1.165) is 12.5 Å². The molecule has 2 aromatic carbocycles. The van der Waals surface area contributed by atoms with Gasteiger partial charge in [0.2, 0.25) is 0 Å². The topological polar surface area (TPSA) is 98.8 Å². The molecule has 2 aromatic rings. The van der Waals surface area contributed by atoms with E-state index in [1.165, 1.54) is 32.4 Å². The quantitative estimate of drug-likeness (QED) is 0.777. The Kier molecular flexibility index (Phi) is 5.66. The monoisotopic (exact) mass is 376 g/mol. The van der Waals surface area contributed by atoms with Gasteiger partial charge in [0.05, 0.1) is 19.9 Å². The lowest BCUT2D eigenvalue weighted by Crippen LogP contribution is -2.20. The van der Waals surface area contributed by atoms with Crippen molar-refractivity contribution in [2.45, 2.75) is 13.8 Å². The van der Waals surface area contributed by atoms with E-state index in [2.05, 4.69) is 10.8 Å². The fourth-order valence-corrected chi connectivity index (χ4v) is 2.80. The van der Waals surface area contributed by atoms with Crippen molar-refractivity contribution in [1.29, 1.82) is 0 Å². The van der Waals surface area contributed by atoms with Crippen molar-refractivity contribution < 1.29 is 27.5 Å². The van der Waals surface area contributed by atoms with E-state index in [0.29, 0.717) is 17.1 Å². The van der Waals surface area contributed by atoms with Crippen LogP contribution in [0.25, 0.3) is 0 Å². The molecule has 0 heterocycles. The van der Waals surface area contributed by atoms with Crippen LogP contribution in [0.15, 0.2) is 30.3 Å². The normalized spacial score (nSPS) is 10.9. The lowest BCUT2D eigenvalue weighted by atomic mass is 10.0. The first kappa shape index (κ1) is 19.5. The van der Waals surface area contributed by atoms with Crippen LogP contribution >= 0.6 is 0 Å². The van der Waals surface area contributed by atoms with E-state index in [-0.39, 0.29) is 11.3 Å². The van der Waals surface area contributed by atoms with Gasteiger partial charge in [-0.1, -0.05) is 12.1 Å². The van der Waals surface area contributed by atoms with Crippen LogP contribution in [-0.2, 0) is 14.8 Å². The fraction of sp³-hybridized carbons (Fsp3) is 0.222. The third kappa shape index (κ3) is 4.02. The Bertz CT molecular complexity index is 940. The number of carbonyl (C=O) groups is 2. The molecule has 0 bridgehead atoms. The van der Waals surface area contributed by atoms with Crippen molar-refractivity contribution in [3.8, 4) is 11.5 Å². The van der Waals surface area contributed by atoms with Crippen LogP contribution < -0.4 is 14.2 Å². The molecule has 0 aliphatic rings. The molecule has 0 saturated carbocycles. The highest BCUT2D eigenvalue weighted by Crippen LogP contribution is 2.30. The number of ketones is 1. The third-order valence-electron chi connectivity index (χ3n) is 3.68. The number of sulfonamides is 1. The van der Waals surface area contributed by atoms with Crippen molar-refractivity contribution in [2.24, 2.45) is 0 Å². The second-order valence-corrected chi connectivity index (χ2v) is 7.20. The zero-order chi connectivity index (χ0) is 19.5. The summed E-state index contributed by atoms with van der Waals surface area (Å²) in [5.41, 5.74) is 1.17. The molecule has 1 N–H and O–H groups in total. The van der Waals surface area contributed by atoms with E-state index in [1.807, 2.05) is 0 Å². The highest BCUT2D eigenvalue weighted by molar-refractivity contribution is 8.07. The van der Waals surface area contributed by atoms with Gasteiger partial charge in [-0.15, -0.1) is 0 Å².